The standard InChI is InChI=1S/C32H30ClF4N5O6S2/c1-32(2,16-49(45)46)10-9-20-3-6-22(28(38-20)25(39-31(43)44)13-17-11-18(34)14-19(35)12-17)23-7-8-24(33)27-29(23)42(15-26(36)37)40-30(27)41-50(47,48)21-4-5-21/h3,6-8,11-12,14,21,25-26,39H,4-5,13,15-16H2,1-2H3,(H,40,41)(H,43,44)(H,45,46)/p-1/t25-/m0/s1. The highest BCUT2D eigenvalue weighted by molar-refractivity contribution is 7.93. The number of benzene rings is 2. The van der Waals surface area contributed by atoms with Gasteiger partial charge in [0.25, 0.3) is 6.43 Å². The SMILES string of the molecule is CC(C)(C#Cc1ccc(-c2ccc(Cl)c3c(NS(=O)(=O)C4CC4)nn(CC(F)F)c23)c([C@H](Cc2cc(F)cc(F)c2)NC(=O)O)n1)CS(=O)[O-]. The molecule has 11 nitrogen and oxygen atoms in total. The van der Waals surface area contributed by atoms with Gasteiger partial charge in [-0.15, -0.1) is 0 Å². The third-order valence-electron chi connectivity index (χ3n) is 7.57. The van der Waals surface area contributed by atoms with Crippen molar-refractivity contribution in [2.24, 2.45) is 5.41 Å². The zero-order valence-corrected chi connectivity index (χ0v) is 28.7. The van der Waals surface area contributed by atoms with Crippen molar-refractivity contribution in [3.05, 3.63) is 76.1 Å². The molecular formula is C32H29ClF4N5O6S2-. The number of hydrogen-bond donors (Lipinski definition) is 3. The molecule has 5 rings (SSSR count). The highest BCUT2D eigenvalue weighted by Crippen LogP contribution is 2.41. The lowest BCUT2D eigenvalue weighted by Gasteiger charge is -2.21. The molecule has 2 aromatic carbocycles. The van der Waals surface area contributed by atoms with E-state index in [0.29, 0.717) is 18.9 Å². The maximum absolute atomic E-state index is 14.2. The number of amides is 1. The van der Waals surface area contributed by atoms with Gasteiger partial charge >= 0.3 is 6.09 Å². The number of sulfonamides is 1. The summed E-state index contributed by atoms with van der Waals surface area (Å²) in [5, 5.41) is 15.6. The zero-order chi connectivity index (χ0) is 36.5. The van der Waals surface area contributed by atoms with Crippen LogP contribution in [0.4, 0.5) is 28.2 Å². The second kappa shape index (κ2) is 14.5. The Morgan fingerprint density at radius 2 is 1.82 bits per heavy atom. The molecule has 0 bridgehead atoms. The van der Waals surface area contributed by atoms with Crippen molar-refractivity contribution in [3.63, 3.8) is 0 Å². The molecule has 1 aliphatic rings. The molecule has 2 heterocycles. The van der Waals surface area contributed by atoms with Crippen molar-refractivity contribution in [2.75, 3.05) is 10.5 Å². The number of fused-ring (bicyclic) bond motifs is 1. The molecule has 1 fully saturated rings. The lowest BCUT2D eigenvalue weighted by atomic mass is 9.93. The van der Waals surface area contributed by atoms with Crippen molar-refractivity contribution in [1.82, 2.24) is 20.1 Å². The number of rotatable bonds is 12. The number of pyridine rings is 1. The Kier molecular flexibility index (Phi) is 10.8. The molecule has 0 aliphatic heterocycles. The van der Waals surface area contributed by atoms with E-state index in [0.717, 1.165) is 16.8 Å². The van der Waals surface area contributed by atoms with Gasteiger partial charge in [-0.2, -0.15) is 5.10 Å². The fraction of sp³-hybridized carbons (Fsp3) is 0.344. The summed E-state index contributed by atoms with van der Waals surface area (Å²) >= 11 is 4.12. The van der Waals surface area contributed by atoms with Crippen LogP contribution in [-0.4, -0.2) is 60.6 Å². The minimum Gasteiger partial charge on any atom is -0.772 e. The van der Waals surface area contributed by atoms with Gasteiger partial charge in [0.1, 0.15) is 23.9 Å². The lowest BCUT2D eigenvalue weighted by molar-refractivity contribution is 0.123. The molecule has 0 saturated heterocycles. The largest absolute Gasteiger partial charge is 0.772 e. The molecule has 2 atom stereocenters. The summed E-state index contributed by atoms with van der Waals surface area (Å²) in [4.78, 5) is 16.7. The van der Waals surface area contributed by atoms with Crippen LogP contribution >= 0.6 is 11.6 Å². The van der Waals surface area contributed by atoms with Crippen LogP contribution in [0, 0.1) is 28.9 Å². The third-order valence-corrected chi connectivity index (χ3v) is 10.7. The summed E-state index contributed by atoms with van der Waals surface area (Å²) in [5.41, 5.74) is -0.716. The van der Waals surface area contributed by atoms with E-state index in [-0.39, 0.29) is 62.0 Å². The van der Waals surface area contributed by atoms with E-state index in [9.17, 15) is 44.6 Å². The van der Waals surface area contributed by atoms with E-state index in [1.54, 1.807) is 13.8 Å². The van der Waals surface area contributed by atoms with Crippen LogP contribution < -0.4 is 10.0 Å². The summed E-state index contributed by atoms with van der Waals surface area (Å²) in [5.74, 6) is 3.18. The molecule has 0 radical (unpaired) electrons. The second-order valence-corrected chi connectivity index (χ2v) is 15.5. The fourth-order valence-corrected chi connectivity index (χ4v) is 7.60. The Bertz CT molecular complexity index is 2150. The number of aromatic nitrogens is 3. The first kappa shape index (κ1) is 37.0. The number of hydrogen-bond acceptors (Lipinski definition) is 7. The van der Waals surface area contributed by atoms with Crippen LogP contribution in [0.5, 0.6) is 0 Å². The summed E-state index contributed by atoms with van der Waals surface area (Å²) in [6, 6.07) is 7.04. The first-order valence-electron chi connectivity index (χ1n) is 15.0. The van der Waals surface area contributed by atoms with Gasteiger partial charge in [-0.05, 0) is 74.9 Å². The molecule has 50 heavy (non-hydrogen) atoms. The van der Waals surface area contributed by atoms with Crippen LogP contribution in [0.2, 0.25) is 5.02 Å². The molecule has 1 unspecified atom stereocenters. The molecule has 1 aliphatic carbocycles. The van der Waals surface area contributed by atoms with Gasteiger partial charge in [-0.1, -0.05) is 34.7 Å². The smallest absolute Gasteiger partial charge is 0.405 e. The normalized spacial score (nSPS) is 14.7. The fourth-order valence-electron chi connectivity index (χ4n) is 5.36. The van der Waals surface area contributed by atoms with E-state index in [1.165, 1.54) is 24.3 Å². The maximum Gasteiger partial charge on any atom is 0.405 e. The van der Waals surface area contributed by atoms with E-state index in [2.05, 4.69) is 32.0 Å². The summed E-state index contributed by atoms with van der Waals surface area (Å²) in [6.07, 6.45) is -3.99. The van der Waals surface area contributed by atoms with Gasteiger partial charge in [-0.3, -0.25) is 13.6 Å². The van der Waals surface area contributed by atoms with E-state index in [1.807, 2.05) is 0 Å². The number of anilines is 1. The molecular weight excluding hydrogens is 726 g/mol. The first-order valence-corrected chi connectivity index (χ1v) is 18.1. The second-order valence-electron chi connectivity index (χ2n) is 12.3. The van der Waals surface area contributed by atoms with Crippen LogP contribution in [0.1, 0.15) is 49.7 Å². The highest BCUT2D eigenvalue weighted by atomic mass is 35.5. The molecule has 3 N–H and O–H groups in total. The Morgan fingerprint density at radius 3 is 2.42 bits per heavy atom. The van der Waals surface area contributed by atoms with Gasteiger partial charge < -0.3 is 15.0 Å². The van der Waals surface area contributed by atoms with Crippen LogP contribution in [0.15, 0.2) is 42.5 Å². The summed E-state index contributed by atoms with van der Waals surface area (Å²) in [7, 11) is -3.92. The zero-order valence-electron chi connectivity index (χ0n) is 26.3. The number of alkyl halides is 2. The van der Waals surface area contributed by atoms with E-state index in [4.69, 9.17) is 11.6 Å². The number of carbonyl (C=O) groups is 1. The van der Waals surface area contributed by atoms with Crippen molar-refractivity contribution in [3.8, 4) is 23.0 Å². The van der Waals surface area contributed by atoms with Crippen molar-refractivity contribution in [2.45, 2.75) is 57.4 Å². The Hall–Kier alpha value is -4.24. The lowest BCUT2D eigenvalue weighted by Crippen LogP contribution is -2.30. The number of halogens is 5. The van der Waals surface area contributed by atoms with Crippen molar-refractivity contribution < 1.29 is 44.6 Å². The van der Waals surface area contributed by atoms with Crippen LogP contribution in [-0.2, 0) is 34.1 Å². The van der Waals surface area contributed by atoms with E-state index < -0.39 is 68.5 Å². The molecule has 1 saturated carbocycles. The predicted molar refractivity (Wildman–Crippen MR) is 178 cm³/mol. The molecule has 2 aromatic heterocycles. The minimum atomic E-state index is -3.92. The average Bonchev–Trinajstić information content (AvgIpc) is 3.79. The monoisotopic (exact) mass is 754 g/mol. The van der Waals surface area contributed by atoms with Gasteiger partial charge in [0.2, 0.25) is 10.0 Å². The minimum absolute atomic E-state index is 0.00818. The Balaban J connectivity index is 1.76. The van der Waals surface area contributed by atoms with Gasteiger partial charge in [0.15, 0.2) is 5.82 Å². The average molecular weight is 755 g/mol. The number of carboxylic acid groups (broad SMARTS) is 1. The Morgan fingerprint density at radius 1 is 1.16 bits per heavy atom. The highest BCUT2D eigenvalue weighted by Gasteiger charge is 2.37. The number of nitrogens with zero attached hydrogens (tertiary/aromatic N) is 3. The summed E-state index contributed by atoms with van der Waals surface area (Å²) in [6.45, 7) is 2.20. The Labute approximate surface area is 291 Å². The van der Waals surface area contributed by atoms with E-state index >= 15 is 0 Å². The molecule has 1 amide bonds. The first-order chi connectivity index (χ1) is 23.4. The van der Waals surface area contributed by atoms with Crippen LogP contribution in [0.25, 0.3) is 22.0 Å². The quantitative estimate of drug-likeness (QED) is 0.0899. The van der Waals surface area contributed by atoms with Gasteiger partial charge in [-0.25, -0.2) is 35.8 Å². The molecule has 18 heteroatoms. The maximum atomic E-state index is 14.2. The third kappa shape index (κ3) is 8.91. The number of nitrogens with one attached hydrogen (secondary N) is 2. The van der Waals surface area contributed by atoms with Crippen molar-refractivity contribution >= 4 is 55.5 Å². The molecule has 0 spiro atoms. The van der Waals surface area contributed by atoms with Gasteiger partial charge in [0.05, 0.1) is 32.9 Å². The van der Waals surface area contributed by atoms with Crippen molar-refractivity contribution in [1.29, 1.82) is 0 Å². The topological polar surface area (TPSA) is 166 Å². The predicted octanol–water partition coefficient (Wildman–Crippen LogP) is 6.01. The molecule has 266 valence electrons. The van der Waals surface area contributed by atoms with Crippen LogP contribution in [0.3, 0.4) is 0 Å². The summed E-state index contributed by atoms with van der Waals surface area (Å²) < 4.78 is 108. The molecule has 4 aromatic rings. The van der Waals surface area contributed by atoms with Gasteiger partial charge in [0, 0.05) is 28.4 Å².